The van der Waals surface area contributed by atoms with Gasteiger partial charge in [0.25, 0.3) is 0 Å². The fourth-order valence-corrected chi connectivity index (χ4v) is 4.98. The number of benzene rings is 2. The van der Waals surface area contributed by atoms with E-state index in [9.17, 15) is 4.79 Å². The van der Waals surface area contributed by atoms with Crippen molar-refractivity contribution in [3.63, 3.8) is 0 Å². The number of ether oxygens (including phenoxy) is 4. The number of carbonyl (C=O) groups excluding carboxylic acids is 1. The number of carbonyl (C=O) groups is 1. The summed E-state index contributed by atoms with van der Waals surface area (Å²) in [6, 6.07) is 11.2. The molecule has 0 radical (unpaired) electrons. The van der Waals surface area contributed by atoms with Gasteiger partial charge in [0, 0.05) is 35.0 Å². The molecule has 1 aliphatic carbocycles. The lowest BCUT2D eigenvalue weighted by Crippen LogP contribution is -2.50. The van der Waals surface area contributed by atoms with Crippen molar-refractivity contribution in [3.05, 3.63) is 47.5 Å². The van der Waals surface area contributed by atoms with Gasteiger partial charge in [0.05, 0.1) is 28.4 Å². The summed E-state index contributed by atoms with van der Waals surface area (Å²) in [5.41, 5.74) is 1.89. The van der Waals surface area contributed by atoms with Crippen molar-refractivity contribution in [1.29, 1.82) is 0 Å². The fraction of sp³-hybridized carbons (Fsp3) is 0.458. The van der Waals surface area contributed by atoms with Crippen molar-refractivity contribution in [1.82, 2.24) is 5.32 Å². The number of ketones is 1. The first-order valence-electron chi connectivity index (χ1n) is 10.3. The van der Waals surface area contributed by atoms with Crippen LogP contribution < -0.4 is 24.3 Å². The summed E-state index contributed by atoms with van der Waals surface area (Å²) in [5, 5.41) is 3.78. The number of nitrogens with one attached hydrogen (secondary N) is 1. The van der Waals surface area contributed by atoms with Crippen LogP contribution in [-0.4, -0.2) is 34.2 Å². The molecule has 4 atom stereocenters. The molecule has 2 bridgehead atoms. The standard InChI is InChI=1S/C24H29NO5/c1-27-14-8-10-20(29-3)18(12-14)22-16-6-5-7-17(24(16)26)23(25-22)19-13-15(28-2)9-11-21(19)30-4/h8-13,16-17,22-23,25H,5-7H2,1-4H3. The molecule has 1 N–H and O–H groups in total. The average molecular weight is 411 g/mol. The summed E-state index contributed by atoms with van der Waals surface area (Å²) in [4.78, 5) is 13.5. The molecule has 0 amide bonds. The van der Waals surface area contributed by atoms with Crippen LogP contribution in [0, 0.1) is 11.8 Å². The summed E-state index contributed by atoms with van der Waals surface area (Å²) in [6.45, 7) is 0. The zero-order chi connectivity index (χ0) is 21.3. The third-order valence-electron chi connectivity index (χ3n) is 6.47. The van der Waals surface area contributed by atoms with E-state index in [4.69, 9.17) is 18.9 Å². The molecule has 2 aromatic rings. The number of hydrogen-bond acceptors (Lipinski definition) is 6. The number of fused-ring (bicyclic) bond motifs is 2. The Bertz CT molecular complexity index is 856. The molecule has 1 saturated carbocycles. The summed E-state index contributed by atoms with van der Waals surface area (Å²) in [6.07, 6.45) is 2.76. The van der Waals surface area contributed by atoms with Crippen LogP contribution in [0.5, 0.6) is 23.0 Å². The fourth-order valence-electron chi connectivity index (χ4n) is 4.98. The van der Waals surface area contributed by atoms with Crippen LogP contribution in [0.2, 0.25) is 0 Å². The number of rotatable bonds is 6. The van der Waals surface area contributed by atoms with E-state index < -0.39 is 0 Å². The molecule has 6 heteroatoms. The minimum atomic E-state index is -0.167. The average Bonchev–Trinajstić information content (AvgIpc) is 2.78. The lowest BCUT2D eigenvalue weighted by atomic mass is 9.67. The summed E-state index contributed by atoms with van der Waals surface area (Å²) in [5.74, 6) is 3.13. The van der Waals surface area contributed by atoms with Crippen LogP contribution in [0.4, 0.5) is 0 Å². The molecule has 2 aliphatic rings. The Morgan fingerprint density at radius 2 is 1.20 bits per heavy atom. The molecule has 30 heavy (non-hydrogen) atoms. The van der Waals surface area contributed by atoms with E-state index in [0.717, 1.165) is 53.4 Å². The van der Waals surface area contributed by atoms with Crippen LogP contribution in [0.15, 0.2) is 36.4 Å². The highest BCUT2D eigenvalue weighted by molar-refractivity contribution is 5.87. The lowest BCUT2D eigenvalue weighted by molar-refractivity contribution is -0.135. The van der Waals surface area contributed by atoms with Gasteiger partial charge in [-0.1, -0.05) is 6.42 Å². The Labute approximate surface area is 177 Å². The molecule has 1 aliphatic heterocycles. The Morgan fingerprint density at radius 1 is 0.733 bits per heavy atom. The molecular weight excluding hydrogens is 382 g/mol. The molecule has 4 rings (SSSR count). The predicted octanol–water partition coefficient (Wildman–Crippen LogP) is 4.09. The maximum Gasteiger partial charge on any atom is 0.142 e. The minimum Gasteiger partial charge on any atom is -0.497 e. The van der Waals surface area contributed by atoms with E-state index in [2.05, 4.69) is 5.32 Å². The molecule has 0 spiro atoms. The van der Waals surface area contributed by atoms with Crippen molar-refractivity contribution in [2.75, 3.05) is 28.4 Å². The van der Waals surface area contributed by atoms with Crippen LogP contribution in [0.3, 0.4) is 0 Å². The lowest BCUT2D eigenvalue weighted by Gasteiger charge is -2.45. The van der Waals surface area contributed by atoms with Gasteiger partial charge in [0.15, 0.2) is 0 Å². The zero-order valence-electron chi connectivity index (χ0n) is 17.9. The van der Waals surface area contributed by atoms with Crippen molar-refractivity contribution in [3.8, 4) is 23.0 Å². The SMILES string of the molecule is COc1ccc(OC)c(C2NC(c3cc(OC)ccc3OC)C3CCCC2C3=O)c1. The Kier molecular flexibility index (Phi) is 5.86. The third kappa shape index (κ3) is 3.49. The molecule has 2 fully saturated rings. The van der Waals surface area contributed by atoms with Crippen LogP contribution in [0.1, 0.15) is 42.5 Å². The number of piperidine rings is 1. The highest BCUT2D eigenvalue weighted by Crippen LogP contribution is 2.49. The smallest absolute Gasteiger partial charge is 0.142 e. The minimum absolute atomic E-state index is 0.0855. The van der Waals surface area contributed by atoms with Gasteiger partial charge >= 0.3 is 0 Å². The van der Waals surface area contributed by atoms with E-state index in [1.165, 1.54) is 0 Å². The Balaban J connectivity index is 1.81. The molecule has 1 heterocycles. The number of methoxy groups -OCH3 is 4. The van der Waals surface area contributed by atoms with Gasteiger partial charge in [-0.3, -0.25) is 4.79 Å². The first-order valence-corrected chi connectivity index (χ1v) is 10.3. The van der Waals surface area contributed by atoms with Crippen molar-refractivity contribution >= 4 is 5.78 Å². The quantitative estimate of drug-likeness (QED) is 0.772. The molecular formula is C24H29NO5. The normalized spacial score (nSPS) is 25.5. The third-order valence-corrected chi connectivity index (χ3v) is 6.47. The Hall–Kier alpha value is -2.73. The van der Waals surface area contributed by atoms with Crippen molar-refractivity contribution in [2.24, 2.45) is 11.8 Å². The first kappa shape index (κ1) is 20.5. The maximum absolute atomic E-state index is 13.5. The number of hydrogen-bond donors (Lipinski definition) is 1. The predicted molar refractivity (Wildman–Crippen MR) is 114 cm³/mol. The molecule has 4 unspecified atom stereocenters. The molecule has 160 valence electrons. The van der Waals surface area contributed by atoms with Gasteiger partial charge < -0.3 is 24.3 Å². The second-order valence-corrected chi connectivity index (χ2v) is 7.88. The van der Waals surface area contributed by atoms with Gasteiger partial charge in [-0.15, -0.1) is 0 Å². The van der Waals surface area contributed by atoms with Gasteiger partial charge in [-0.05, 0) is 49.2 Å². The van der Waals surface area contributed by atoms with E-state index in [-0.39, 0.29) is 23.9 Å². The molecule has 2 aromatic carbocycles. The maximum atomic E-state index is 13.5. The summed E-state index contributed by atoms with van der Waals surface area (Å²) >= 11 is 0. The van der Waals surface area contributed by atoms with Crippen LogP contribution >= 0.6 is 0 Å². The summed E-state index contributed by atoms with van der Waals surface area (Å²) < 4.78 is 22.2. The zero-order valence-corrected chi connectivity index (χ0v) is 17.9. The topological polar surface area (TPSA) is 66.0 Å². The monoisotopic (exact) mass is 411 g/mol. The van der Waals surface area contributed by atoms with E-state index in [0.29, 0.717) is 5.78 Å². The second kappa shape index (κ2) is 8.56. The van der Waals surface area contributed by atoms with Gasteiger partial charge in [0.2, 0.25) is 0 Å². The molecule has 0 aromatic heterocycles. The van der Waals surface area contributed by atoms with Crippen LogP contribution in [-0.2, 0) is 4.79 Å². The molecule has 6 nitrogen and oxygen atoms in total. The van der Waals surface area contributed by atoms with Crippen molar-refractivity contribution in [2.45, 2.75) is 31.3 Å². The molecule has 1 saturated heterocycles. The number of Topliss-reactive ketones (excluding diaryl/α,β-unsaturated/α-hetero) is 1. The van der Waals surface area contributed by atoms with Gasteiger partial charge in [-0.25, -0.2) is 0 Å². The van der Waals surface area contributed by atoms with Crippen LogP contribution in [0.25, 0.3) is 0 Å². The summed E-state index contributed by atoms with van der Waals surface area (Å²) in [7, 11) is 6.60. The first-order chi connectivity index (χ1) is 14.6. The van der Waals surface area contributed by atoms with Crippen molar-refractivity contribution < 1.29 is 23.7 Å². The highest BCUT2D eigenvalue weighted by Gasteiger charge is 2.48. The van der Waals surface area contributed by atoms with Gasteiger partial charge in [-0.2, -0.15) is 0 Å². The van der Waals surface area contributed by atoms with Gasteiger partial charge in [0.1, 0.15) is 28.8 Å². The highest BCUT2D eigenvalue weighted by atomic mass is 16.5. The van der Waals surface area contributed by atoms with E-state index in [1.54, 1.807) is 28.4 Å². The second-order valence-electron chi connectivity index (χ2n) is 7.88. The van der Waals surface area contributed by atoms with E-state index in [1.807, 2.05) is 36.4 Å². The van der Waals surface area contributed by atoms with E-state index >= 15 is 0 Å². The Morgan fingerprint density at radius 3 is 1.60 bits per heavy atom. The largest absolute Gasteiger partial charge is 0.497 e.